The zero-order chi connectivity index (χ0) is 14.9. The van der Waals surface area contributed by atoms with Crippen molar-refractivity contribution < 1.29 is 9.53 Å². The molecule has 0 aliphatic rings. The Labute approximate surface area is 118 Å². The summed E-state index contributed by atoms with van der Waals surface area (Å²) in [4.78, 5) is 16.2. The summed E-state index contributed by atoms with van der Waals surface area (Å²) in [5.41, 5.74) is -0.559. The molecule has 19 heavy (non-hydrogen) atoms. The number of carbonyl (C=O) groups is 1. The fraction of sp³-hybridized carbons (Fsp3) is 0.929. The van der Waals surface area contributed by atoms with Crippen molar-refractivity contribution in [3.05, 3.63) is 0 Å². The number of likely N-dealkylation sites (N-methyl/N-ethyl adjacent to an activating group) is 3. The van der Waals surface area contributed by atoms with Gasteiger partial charge in [0.05, 0.1) is 7.11 Å². The fourth-order valence-electron chi connectivity index (χ4n) is 1.90. The molecule has 0 aromatic rings. The summed E-state index contributed by atoms with van der Waals surface area (Å²) >= 11 is 0. The Morgan fingerprint density at radius 2 is 1.79 bits per heavy atom. The summed E-state index contributed by atoms with van der Waals surface area (Å²) in [7, 11) is 9.55. The van der Waals surface area contributed by atoms with E-state index in [4.69, 9.17) is 4.74 Å². The first kappa shape index (κ1) is 18.4. The summed E-state index contributed by atoms with van der Waals surface area (Å²) in [6, 6.07) is 0. The molecule has 0 aromatic heterocycles. The molecule has 0 fully saturated rings. The number of unbranched alkanes of at least 4 members (excludes halogenated alkanes) is 1. The van der Waals surface area contributed by atoms with Crippen LogP contribution in [0.1, 0.15) is 26.2 Å². The zero-order valence-electron chi connectivity index (χ0n) is 13.5. The van der Waals surface area contributed by atoms with Crippen LogP contribution < -0.4 is 5.32 Å². The molecule has 0 aliphatic heterocycles. The average Bonchev–Trinajstić information content (AvgIpc) is 2.39. The number of esters is 1. The monoisotopic (exact) mass is 273 g/mol. The molecule has 0 saturated carbocycles. The van der Waals surface area contributed by atoms with Crippen molar-refractivity contribution in [1.82, 2.24) is 15.1 Å². The molecule has 0 aromatic carbocycles. The second-order valence-electron chi connectivity index (χ2n) is 5.64. The third-order valence-corrected chi connectivity index (χ3v) is 3.58. The Balaban J connectivity index is 3.86. The Bertz CT molecular complexity index is 259. The molecule has 0 rings (SSSR count). The van der Waals surface area contributed by atoms with Gasteiger partial charge in [-0.05, 0) is 60.9 Å². The second kappa shape index (κ2) is 9.28. The van der Waals surface area contributed by atoms with Crippen LogP contribution in [0.4, 0.5) is 0 Å². The molecule has 1 unspecified atom stereocenters. The molecule has 1 N–H and O–H groups in total. The van der Waals surface area contributed by atoms with Crippen LogP contribution in [0.5, 0.6) is 0 Å². The summed E-state index contributed by atoms with van der Waals surface area (Å²) < 4.78 is 4.83. The Morgan fingerprint density at radius 1 is 1.16 bits per heavy atom. The molecule has 0 aliphatic carbocycles. The van der Waals surface area contributed by atoms with E-state index >= 15 is 0 Å². The zero-order valence-corrected chi connectivity index (χ0v) is 13.5. The third kappa shape index (κ3) is 7.50. The third-order valence-electron chi connectivity index (χ3n) is 3.58. The summed E-state index contributed by atoms with van der Waals surface area (Å²) in [6.45, 7) is 5.11. The van der Waals surface area contributed by atoms with Gasteiger partial charge in [0.25, 0.3) is 0 Å². The van der Waals surface area contributed by atoms with Crippen LogP contribution in [0.25, 0.3) is 0 Å². The van der Waals surface area contributed by atoms with Crippen LogP contribution in [0.2, 0.25) is 0 Å². The van der Waals surface area contributed by atoms with Gasteiger partial charge in [0.15, 0.2) is 0 Å². The van der Waals surface area contributed by atoms with E-state index in [1.54, 1.807) is 7.05 Å². The van der Waals surface area contributed by atoms with Gasteiger partial charge in [-0.1, -0.05) is 0 Å². The van der Waals surface area contributed by atoms with E-state index in [9.17, 15) is 4.79 Å². The second-order valence-corrected chi connectivity index (χ2v) is 5.64. The lowest BCUT2D eigenvalue weighted by Gasteiger charge is -2.26. The van der Waals surface area contributed by atoms with Gasteiger partial charge in [-0.15, -0.1) is 0 Å². The van der Waals surface area contributed by atoms with Crippen LogP contribution >= 0.6 is 0 Å². The first-order chi connectivity index (χ1) is 8.85. The molecule has 1 atom stereocenters. The maximum atomic E-state index is 11.7. The predicted octanol–water partition coefficient (Wildman–Crippen LogP) is 0.801. The molecule has 5 nitrogen and oxygen atoms in total. The van der Waals surface area contributed by atoms with Crippen molar-refractivity contribution in [2.75, 3.05) is 54.9 Å². The molecular weight excluding hydrogens is 242 g/mol. The van der Waals surface area contributed by atoms with E-state index in [0.29, 0.717) is 0 Å². The number of ether oxygens (including phenoxy) is 1. The van der Waals surface area contributed by atoms with E-state index in [0.717, 1.165) is 38.9 Å². The molecule has 0 spiro atoms. The van der Waals surface area contributed by atoms with Crippen molar-refractivity contribution in [1.29, 1.82) is 0 Å². The van der Waals surface area contributed by atoms with E-state index in [-0.39, 0.29) is 5.97 Å². The van der Waals surface area contributed by atoms with Gasteiger partial charge in [-0.3, -0.25) is 4.79 Å². The standard InChI is InChI=1S/C14H31N3O2/c1-14(15-2,13(18)19-6)9-7-8-10-17(5)12-11-16(3)4/h15H,7-12H2,1-6H3. The molecule has 114 valence electrons. The predicted molar refractivity (Wildman–Crippen MR) is 79.4 cm³/mol. The Kier molecular flexibility index (Phi) is 8.97. The Morgan fingerprint density at radius 3 is 2.26 bits per heavy atom. The molecule has 0 bridgehead atoms. The van der Waals surface area contributed by atoms with E-state index < -0.39 is 5.54 Å². The maximum absolute atomic E-state index is 11.7. The number of carbonyl (C=O) groups excluding carboxylic acids is 1. The number of rotatable bonds is 10. The quantitative estimate of drug-likeness (QED) is 0.471. The van der Waals surface area contributed by atoms with Gasteiger partial charge in [-0.25, -0.2) is 0 Å². The van der Waals surface area contributed by atoms with Gasteiger partial charge in [0, 0.05) is 13.1 Å². The topological polar surface area (TPSA) is 44.8 Å². The van der Waals surface area contributed by atoms with E-state index in [1.165, 1.54) is 7.11 Å². The van der Waals surface area contributed by atoms with Crippen LogP contribution in [0.15, 0.2) is 0 Å². The molecular formula is C14H31N3O2. The van der Waals surface area contributed by atoms with Crippen molar-refractivity contribution in [2.24, 2.45) is 0 Å². The highest BCUT2D eigenvalue weighted by atomic mass is 16.5. The first-order valence-corrected chi connectivity index (χ1v) is 6.96. The summed E-state index contributed by atoms with van der Waals surface area (Å²) in [6.07, 6.45) is 2.91. The molecule has 0 saturated heterocycles. The van der Waals surface area contributed by atoms with Crippen LogP contribution in [-0.4, -0.2) is 76.2 Å². The van der Waals surface area contributed by atoms with Gasteiger partial charge < -0.3 is 19.9 Å². The van der Waals surface area contributed by atoms with Crippen molar-refractivity contribution in [3.63, 3.8) is 0 Å². The molecule has 0 amide bonds. The number of hydrogen-bond acceptors (Lipinski definition) is 5. The lowest BCUT2D eigenvalue weighted by Crippen LogP contribution is -2.48. The normalized spacial score (nSPS) is 14.7. The van der Waals surface area contributed by atoms with Gasteiger partial charge >= 0.3 is 5.97 Å². The highest BCUT2D eigenvalue weighted by molar-refractivity contribution is 5.80. The Hall–Kier alpha value is -0.650. The molecule has 0 heterocycles. The summed E-state index contributed by atoms with van der Waals surface area (Å²) in [5.74, 6) is -0.184. The SMILES string of the molecule is CNC(C)(CCCCN(C)CCN(C)C)C(=O)OC. The minimum Gasteiger partial charge on any atom is -0.468 e. The van der Waals surface area contributed by atoms with Crippen molar-refractivity contribution in [3.8, 4) is 0 Å². The smallest absolute Gasteiger partial charge is 0.325 e. The van der Waals surface area contributed by atoms with Gasteiger partial charge in [0.2, 0.25) is 0 Å². The van der Waals surface area contributed by atoms with Crippen LogP contribution in [0, 0.1) is 0 Å². The van der Waals surface area contributed by atoms with Crippen molar-refractivity contribution >= 4 is 5.97 Å². The van der Waals surface area contributed by atoms with Crippen LogP contribution in [0.3, 0.4) is 0 Å². The average molecular weight is 273 g/mol. The summed E-state index contributed by atoms with van der Waals surface area (Å²) in [5, 5.41) is 3.06. The molecule has 5 heteroatoms. The molecule has 0 radical (unpaired) electrons. The largest absolute Gasteiger partial charge is 0.468 e. The van der Waals surface area contributed by atoms with Crippen molar-refractivity contribution in [2.45, 2.75) is 31.7 Å². The van der Waals surface area contributed by atoms with E-state index in [1.807, 2.05) is 6.92 Å². The number of hydrogen-bond donors (Lipinski definition) is 1. The number of nitrogens with one attached hydrogen (secondary N) is 1. The van der Waals surface area contributed by atoms with Crippen LogP contribution in [-0.2, 0) is 9.53 Å². The lowest BCUT2D eigenvalue weighted by atomic mass is 9.95. The minimum atomic E-state index is -0.559. The minimum absolute atomic E-state index is 0.184. The van der Waals surface area contributed by atoms with E-state index in [2.05, 4.69) is 36.3 Å². The van der Waals surface area contributed by atoms with Gasteiger partial charge in [-0.2, -0.15) is 0 Å². The number of methoxy groups -OCH3 is 1. The van der Waals surface area contributed by atoms with Gasteiger partial charge in [0.1, 0.15) is 5.54 Å². The fourth-order valence-corrected chi connectivity index (χ4v) is 1.90. The number of nitrogens with zero attached hydrogens (tertiary/aromatic N) is 2. The first-order valence-electron chi connectivity index (χ1n) is 6.96. The highest BCUT2D eigenvalue weighted by Gasteiger charge is 2.31. The highest BCUT2D eigenvalue weighted by Crippen LogP contribution is 2.15. The maximum Gasteiger partial charge on any atom is 0.325 e. The lowest BCUT2D eigenvalue weighted by molar-refractivity contribution is -0.148.